The molecule has 3 fully saturated rings. The molecule has 3 rings (SSSR count). The Labute approximate surface area is 369 Å². The second kappa shape index (κ2) is 22.7. The number of Topliss-reactive ketones (excluding diaryl/α,β-unsaturated/α-hetero) is 2. The predicted octanol–water partition coefficient (Wildman–Crippen LogP) is 11.7. The molecule has 3 aliphatic carbocycles. The number of hydrogen-bond acceptors (Lipinski definition) is 5. The molecule has 0 spiro atoms. The van der Waals surface area contributed by atoms with Gasteiger partial charge in [0.05, 0.1) is 0 Å². The minimum Gasteiger partial charge on any atom is -0.355 e. The van der Waals surface area contributed by atoms with Crippen LogP contribution < -0.4 is 16.0 Å². The van der Waals surface area contributed by atoms with E-state index in [9.17, 15) is 24.0 Å². The highest BCUT2D eigenvalue weighted by Gasteiger charge is 2.36. The third kappa shape index (κ3) is 19.7. The van der Waals surface area contributed by atoms with Gasteiger partial charge in [-0.3, -0.25) is 24.0 Å². The summed E-state index contributed by atoms with van der Waals surface area (Å²) in [6, 6.07) is 0. The highest BCUT2D eigenvalue weighted by atomic mass is 16.2. The lowest BCUT2D eigenvalue weighted by Gasteiger charge is -2.38. The first-order valence-corrected chi connectivity index (χ1v) is 23.7. The van der Waals surface area contributed by atoms with Crippen LogP contribution in [0.15, 0.2) is 12.2 Å². The van der Waals surface area contributed by atoms with E-state index < -0.39 is 0 Å². The Balaban J connectivity index is 0.000000450. The number of rotatable bonds is 9. The number of carbonyl (C=O) groups excluding carboxylic acids is 5. The quantitative estimate of drug-likeness (QED) is 0.200. The van der Waals surface area contributed by atoms with Crippen molar-refractivity contribution < 1.29 is 24.0 Å². The Morgan fingerprint density at radius 3 is 1.23 bits per heavy atom. The molecule has 0 aromatic heterocycles. The van der Waals surface area contributed by atoms with Crippen molar-refractivity contribution in [2.75, 3.05) is 19.6 Å². The summed E-state index contributed by atoms with van der Waals surface area (Å²) in [6.45, 7) is 42.9. The fourth-order valence-electron chi connectivity index (χ4n) is 8.53. The van der Waals surface area contributed by atoms with E-state index >= 15 is 0 Å². The monoisotopic (exact) mass is 842 g/mol. The van der Waals surface area contributed by atoms with Gasteiger partial charge in [-0.25, -0.2) is 0 Å². The van der Waals surface area contributed by atoms with Crippen molar-refractivity contribution in [1.29, 1.82) is 0 Å². The Morgan fingerprint density at radius 2 is 0.817 bits per heavy atom. The second-order valence-electron chi connectivity index (χ2n) is 25.0. The number of ketones is 2. The normalized spacial score (nSPS) is 24.3. The van der Waals surface area contributed by atoms with Crippen molar-refractivity contribution in [3.05, 3.63) is 12.2 Å². The maximum atomic E-state index is 12.4. The Kier molecular flexibility index (Phi) is 21.0. The molecule has 4 unspecified atom stereocenters. The van der Waals surface area contributed by atoms with Gasteiger partial charge in [0.25, 0.3) is 0 Å². The fourth-order valence-corrected chi connectivity index (χ4v) is 8.53. The lowest BCUT2D eigenvalue weighted by Crippen LogP contribution is -2.41. The van der Waals surface area contributed by atoms with E-state index in [1.807, 2.05) is 104 Å². The molecule has 0 aromatic carbocycles. The molecule has 0 aliphatic heterocycles. The first-order chi connectivity index (χ1) is 27.1. The van der Waals surface area contributed by atoms with Crippen LogP contribution in [0.25, 0.3) is 0 Å². The SMILES string of the molecule is C=C(C1CCCCC1CNC(=O)C(C)(C)C)C(C)(C)C.CC(C)(C)C(=O)NCC1CCC(C(=O)C(C)(C)C)CC1.CC(C)(C)C(=O)NCC1CCCC(C(=O)C(C)(C)C)C1. The average Bonchev–Trinajstić information content (AvgIpc) is 3.12. The minimum absolute atomic E-state index is 0.0989. The van der Waals surface area contributed by atoms with Crippen LogP contribution >= 0.6 is 0 Å². The number of carbonyl (C=O) groups is 5. The highest BCUT2D eigenvalue weighted by molar-refractivity contribution is 5.86. The third-order valence-corrected chi connectivity index (χ3v) is 12.8. The van der Waals surface area contributed by atoms with Crippen molar-refractivity contribution in [2.45, 2.75) is 202 Å². The molecule has 0 aromatic rings. The van der Waals surface area contributed by atoms with Crippen LogP contribution in [0.5, 0.6) is 0 Å². The molecule has 60 heavy (non-hydrogen) atoms. The van der Waals surface area contributed by atoms with Crippen molar-refractivity contribution >= 4 is 29.3 Å². The molecule has 348 valence electrons. The molecule has 0 radical (unpaired) electrons. The van der Waals surface area contributed by atoms with Gasteiger partial charge < -0.3 is 16.0 Å². The molecule has 3 N–H and O–H groups in total. The highest BCUT2D eigenvalue weighted by Crippen LogP contribution is 2.41. The number of amides is 3. The molecule has 4 atom stereocenters. The summed E-state index contributed by atoms with van der Waals surface area (Å²) in [5, 5.41) is 9.23. The van der Waals surface area contributed by atoms with E-state index in [0.717, 1.165) is 64.5 Å². The van der Waals surface area contributed by atoms with Crippen molar-refractivity contribution in [3.8, 4) is 0 Å². The lowest BCUT2D eigenvalue weighted by molar-refractivity contribution is -0.132. The topological polar surface area (TPSA) is 121 Å². The van der Waals surface area contributed by atoms with Gasteiger partial charge in [-0.05, 0) is 86.9 Å². The molecule has 0 saturated heterocycles. The van der Waals surface area contributed by atoms with E-state index in [4.69, 9.17) is 0 Å². The van der Waals surface area contributed by atoms with E-state index in [0.29, 0.717) is 41.8 Å². The summed E-state index contributed by atoms with van der Waals surface area (Å²) in [6.07, 6.45) is 13.2. The van der Waals surface area contributed by atoms with Crippen LogP contribution in [0.3, 0.4) is 0 Å². The summed E-state index contributed by atoms with van der Waals surface area (Å²) >= 11 is 0. The number of allylic oxidation sites excluding steroid dienone is 1. The smallest absolute Gasteiger partial charge is 0.225 e. The van der Waals surface area contributed by atoms with Crippen LogP contribution in [0.4, 0.5) is 0 Å². The van der Waals surface area contributed by atoms with Gasteiger partial charge in [0, 0.05) is 58.5 Å². The summed E-state index contributed by atoms with van der Waals surface area (Å²) in [5.41, 5.74) is 0.0834. The Morgan fingerprint density at radius 1 is 0.417 bits per heavy atom. The lowest BCUT2D eigenvalue weighted by atomic mass is 9.68. The van der Waals surface area contributed by atoms with Gasteiger partial charge in [0.15, 0.2) is 0 Å². The first-order valence-electron chi connectivity index (χ1n) is 23.7. The summed E-state index contributed by atoms with van der Waals surface area (Å²) < 4.78 is 0. The van der Waals surface area contributed by atoms with Crippen LogP contribution in [0, 0.1) is 68.0 Å². The number of nitrogens with one attached hydrogen (secondary N) is 3. The zero-order chi connectivity index (χ0) is 46.7. The van der Waals surface area contributed by atoms with Gasteiger partial charge >= 0.3 is 0 Å². The van der Waals surface area contributed by atoms with Crippen LogP contribution in [-0.2, 0) is 24.0 Å². The van der Waals surface area contributed by atoms with Gasteiger partial charge in [0.2, 0.25) is 17.7 Å². The maximum absolute atomic E-state index is 12.4. The van der Waals surface area contributed by atoms with E-state index in [1.165, 1.54) is 31.3 Å². The Hall–Kier alpha value is -2.51. The summed E-state index contributed by atoms with van der Waals surface area (Å²) in [4.78, 5) is 60.4. The molecular formula is C52H95N3O5. The molecule has 3 amide bonds. The van der Waals surface area contributed by atoms with E-state index in [1.54, 1.807) is 0 Å². The maximum Gasteiger partial charge on any atom is 0.225 e. The molecule has 0 heterocycles. The minimum atomic E-state index is -0.338. The molecule has 8 heteroatoms. The van der Waals surface area contributed by atoms with Gasteiger partial charge in [0.1, 0.15) is 11.6 Å². The van der Waals surface area contributed by atoms with Crippen LogP contribution in [0.1, 0.15) is 202 Å². The van der Waals surface area contributed by atoms with Crippen LogP contribution in [-0.4, -0.2) is 48.9 Å². The molecule has 3 saturated carbocycles. The third-order valence-electron chi connectivity index (χ3n) is 12.8. The molecule has 0 bridgehead atoms. The first kappa shape index (κ1) is 55.5. The standard InChI is InChI=1S/C18H33NO.2C17H31NO2/c1-13(17(2,3)4)15-11-9-8-10-14(15)12-19-16(20)18(5,6)7;1-16(2,3)14(19)13-9-7-12(8-10-13)11-18-15(20)17(4,5)6;1-16(2,3)14(19)13-9-7-8-12(10-13)11-18-15(20)17(4,5)6/h14-15H,1,8-12H2,2-7H3,(H,19,20);2*12-13H,7-11H2,1-6H3,(H,18,20). The number of hydrogen-bond donors (Lipinski definition) is 3. The average molecular weight is 842 g/mol. The molecule has 8 nitrogen and oxygen atoms in total. The van der Waals surface area contributed by atoms with Crippen molar-refractivity contribution in [3.63, 3.8) is 0 Å². The largest absolute Gasteiger partial charge is 0.355 e. The molecule has 3 aliphatic rings. The van der Waals surface area contributed by atoms with Gasteiger partial charge in [-0.2, -0.15) is 0 Å². The van der Waals surface area contributed by atoms with E-state index in [2.05, 4.69) is 43.3 Å². The van der Waals surface area contributed by atoms with Crippen LogP contribution in [0.2, 0.25) is 0 Å². The second-order valence-corrected chi connectivity index (χ2v) is 25.0. The molecular weight excluding hydrogens is 747 g/mol. The fraction of sp³-hybridized carbons (Fsp3) is 0.865. The zero-order valence-corrected chi connectivity index (χ0v) is 42.3. The summed E-state index contributed by atoms with van der Waals surface area (Å²) in [5.74, 6) is 3.65. The van der Waals surface area contributed by atoms with Crippen molar-refractivity contribution in [1.82, 2.24) is 16.0 Å². The summed E-state index contributed by atoms with van der Waals surface area (Å²) in [7, 11) is 0. The van der Waals surface area contributed by atoms with Gasteiger partial charge in [-0.1, -0.05) is 156 Å². The Bertz CT molecular complexity index is 1410. The van der Waals surface area contributed by atoms with Gasteiger partial charge in [-0.15, -0.1) is 0 Å². The zero-order valence-electron chi connectivity index (χ0n) is 42.3. The van der Waals surface area contributed by atoms with E-state index in [-0.39, 0.29) is 62.0 Å². The predicted molar refractivity (Wildman–Crippen MR) is 251 cm³/mol. The van der Waals surface area contributed by atoms with Crippen molar-refractivity contribution in [2.24, 2.45) is 68.0 Å².